The van der Waals surface area contributed by atoms with E-state index in [-0.39, 0.29) is 6.04 Å². The first-order chi connectivity index (χ1) is 8.58. The third kappa shape index (κ3) is 2.60. The van der Waals surface area contributed by atoms with Gasteiger partial charge in [-0.05, 0) is 25.1 Å². The van der Waals surface area contributed by atoms with Gasteiger partial charge in [-0.15, -0.1) is 11.3 Å². The number of aromatic nitrogens is 1. The molecule has 0 aliphatic rings. The van der Waals surface area contributed by atoms with E-state index < -0.39 is 5.91 Å². The molecule has 0 aliphatic heterocycles. The Labute approximate surface area is 109 Å². The largest absolute Gasteiger partial charge is 0.397 e. The Morgan fingerprint density at radius 3 is 2.83 bits per heavy atom. The standard InChI is InChI=1S/C12H14N4OS/c1-7(12-15-4-5-18-12)16-10-3-2-8(11(14)17)6-9(10)13/h2-7,16H,13H2,1H3,(H2,14,17). The van der Waals surface area contributed by atoms with Gasteiger partial charge in [-0.1, -0.05) is 0 Å². The van der Waals surface area contributed by atoms with E-state index >= 15 is 0 Å². The van der Waals surface area contributed by atoms with Crippen LogP contribution >= 0.6 is 11.3 Å². The Morgan fingerprint density at radius 2 is 2.28 bits per heavy atom. The second-order valence-corrected chi connectivity index (χ2v) is 4.83. The summed E-state index contributed by atoms with van der Waals surface area (Å²) in [5, 5.41) is 6.15. The summed E-state index contributed by atoms with van der Waals surface area (Å²) in [6.07, 6.45) is 1.76. The predicted molar refractivity (Wildman–Crippen MR) is 73.5 cm³/mol. The number of nitrogen functional groups attached to an aromatic ring is 1. The van der Waals surface area contributed by atoms with E-state index in [1.807, 2.05) is 12.3 Å². The molecule has 5 nitrogen and oxygen atoms in total. The molecule has 6 heteroatoms. The number of rotatable bonds is 4. The van der Waals surface area contributed by atoms with Crippen LogP contribution in [0.15, 0.2) is 29.8 Å². The van der Waals surface area contributed by atoms with E-state index in [4.69, 9.17) is 11.5 Å². The highest BCUT2D eigenvalue weighted by molar-refractivity contribution is 7.09. The van der Waals surface area contributed by atoms with Gasteiger partial charge in [0.05, 0.1) is 17.4 Å². The third-order valence-electron chi connectivity index (χ3n) is 2.53. The van der Waals surface area contributed by atoms with Gasteiger partial charge in [0.2, 0.25) is 5.91 Å². The molecule has 1 aromatic carbocycles. The fourth-order valence-electron chi connectivity index (χ4n) is 1.59. The summed E-state index contributed by atoms with van der Waals surface area (Å²) < 4.78 is 0. The van der Waals surface area contributed by atoms with Crippen LogP contribution in [0, 0.1) is 0 Å². The zero-order chi connectivity index (χ0) is 13.1. The number of nitrogens with zero attached hydrogens (tertiary/aromatic N) is 1. The average molecular weight is 262 g/mol. The van der Waals surface area contributed by atoms with Crippen molar-refractivity contribution < 1.29 is 4.79 Å². The topological polar surface area (TPSA) is 94.0 Å². The molecule has 1 atom stereocenters. The van der Waals surface area contributed by atoms with E-state index in [2.05, 4.69) is 10.3 Å². The Morgan fingerprint density at radius 1 is 1.50 bits per heavy atom. The summed E-state index contributed by atoms with van der Waals surface area (Å²) in [6, 6.07) is 5.03. The lowest BCUT2D eigenvalue weighted by Crippen LogP contribution is -2.13. The maximum absolute atomic E-state index is 11.0. The van der Waals surface area contributed by atoms with Gasteiger partial charge in [0.1, 0.15) is 5.01 Å². The summed E-state index contributed by atoms with van der Waals surface area (Å²) in [5.74, 6) is -0.485. The van der Waals surface area contributed by atoms with Crippen LogP contribution in [0.4, 0.5) is 11.4 Å². The van der Waals surface area contributed by atoms with Crippen molar-refractivity contribution in [1.29, 1.82) is 0 Å². The Bertz CT molecular complexity index is 553. The van der Waals surface area contributed by atoms with Crippen LogP contribution in [-0.2, 0) is 0 Å². The van der Waals surface area contributed by atoms with Gasteiger partial charge in [-0.25, -0.2) is 4.98 Å². The van der Waals surface area contributed by atoms with E-state index in [0.717, 1.165) is 10.7 Å². The molecule has 2 rings (SSSR count). The molecule has 1 aromatic heterocycles. The number of benzene rings is 1. The van der Waals surface area contributed by atoms with Gasteiger partial charge in [0.15, 0.2) is 0 Å². The van der Waals surface area contributed by atoms with Crippen molar-refractivity contribution in [2.24, 2.45) is 5.73 Å². The summed E-state index contributed by atoms with van der Waals surface area (Å²) in [6.45, 7) is 2.00. The molecule has 0 saturated heterocycles. The lowest BCUT2D eigenvalue weighted by atomic mass is 10.1. The quantitative estimate of drug-likeness (QED) is 0.734. The first-order valence-corrected chi connectivity index (χ1v) is 6.31. The van der Waals surface area contributed by atoms with Crippen LogP contribution in [0.25, 0.3) is 0 Å². The minimum Gasteiger partial charge on any atom is -0.397 e. The first kappa shape index (κ1) is 12.4. The highest BCUT2D eigenvalue weighted by Crippen LogP contribution is 2.25. The van der Waals surface area contributed by atoms with Gasteiger partial charge in [0.25, 0.3) is 0 Å². The molecule has 1 unspecified atom stereocenters. The number of primary amides is 1. The summed E-state index contributed by atoms with van der Waals surface area (Å²) in [5.41, 5.74) is 12.7. The minimum atomic E-state index is -0.485. The highest BCUT2D eigenvalue weighted by atomic mass is 32.1. The van der Waals surface area contributed by atoms with Crippen LogP contribution in [0.1, 0.15) is 28.3 Å². The maximum Gasteiger partial charge on any atom is 0.248 e. The van der Waals surface area contributed by atoms with E-state index in [9.17, 15) is 4.79 Å². The normalized spacial score (nSPS) is 12.1. The molecule has 0 bridgehead atoms. The Kier molecular flexibility index (Phi) is 3.47. The van der Waals surface area contributed by atoms with Crippen LogP contribution in [0.2, 0.25) is 0 Å². The lowest BCUT2D eigenvalue weighted by Gasteiger charge is -2.15. The molecule has 1 amide bonds. The third-order valence-corrected chi connectivity index (χ3v) is 3.49. The van der Waals surface area contributed by atoms with Crippen molar-refractivity contribution in [3.05, 3.63) is 40.3 Å². The van der Waals surface area contributed by atoms with Crippen molar-refractivity contribution in [3.8, 4) is 0 Å². The SMILES string of the molecule is CC(Nc1ccc(C(N)=O)cc1N)c1nccs1. The Hall–Kier alpha value is -2.08. The van der Waals surface area contributed by atoms with Crippen molar-refractivity contribution in [3.63, 3.8) is 0 Å². The number of carbonyl (C=O) groups excluding carboxylic acids is 1. The number of nitrogens with one attached hydrogen (secondary N) is 1. The summed E-state index contributed by atoms with van der Waals surface area (Å²) >= 11 is 1.58. The molecule has 1 heterocycles. The van der Waals surface area contributed by atoms with Gasteiger partial charge in [-0.3, -0.25) is 4.79 Å². The van der Waals surface area contributed by atoms with Gasteiger partial charge < -0.3 is 16.8 Å². The first-order valence-electron chi connectivity index (χ1n) is 5.43. The van der Waals surface area contributed by atoms with E-state index in [1.54, 1.807) is 35.7 Å². The second kappa shape index (κ2) is 5.05. The van der Waals surface area contributed by atoms with Crippen LogP contribution < -0.4 is 16.8 Å². The zero-order valence-electron chi connectivity index (χ0n) is 9.88. The number of carbonyl (C=O) groups is 1. The fourth-order valence-corrected chi connectivity index (χ4v) is 2.24. The molecule has 0 fully saturated rings. The smallest absolute Gasteiger partial charge is 0.248 e. The molecular formula is C12H14N4OS. The molecule has 0 saturated carbocycles. The van der Waals surface area contributed by atoms with E-state index in [0.29, 0.717) is 11.3 Å². The number of thiazole rings is 1. The maximum atomic E-state index is 11.0. The lowest BCUT2D eigenvalue weighted by molar-refractivity contribution is 0.100. The fraction of sp³-hybridized carbons (Fsp3) is 0.167. The highest BCUT2D eigenvalue weighted by Gasteiger charge is 2.10. The molecule has 0 aliphatic carbocycles. The molecule has 18 heavy (non-hydrogen) atoms. The summed E-state index contributed by atoms with van der Waals surface area (Å²) in [4.78, 5) is 15.2. The second-order valence-electron chi connectivity index (χ2n) is 3.90. The van der Waals surface area contributed by atoms with Crippen molar-refractivity contribution in [1.82, 2.24) is 4.98 Å². The molecule has 5 N–H and O–H groups in total. The van der Waals surface area contributed by atoms with Crippen molar-refractivity contribution >= 4 is 28.6 Å². The number of anilines is 2. The summed E-state index contributed by atoms with van der Waals surface area (Å²) in [7, 11) is 0. The van der Waals surface area contributed by atoms with Gasteiger partial charge in [0, 0.05) is 17.1 Å². The molecule has 2 aromatic rings. The minimum absolute atomic E-state index is 0.0618. The predicted octanol–water partition coefficient (Wildman–Crippen LogP) is 2.00. The van der Waals surface area contributed by atoms with Crippen LogP contribution in [0.5, 0.6) is 0 Å². The molecule has 0 radical (unpaired) electrons. The zero-order valence-corrected chi connectivity index (χ0v) is 10.7. The monoisotopic (exact) mass is 262 g/mol. The van der Waals surface area contributed by atoms with Crippen LogP contribution in [0.3, 0.4) is 0 Å². The number of amides is 1. The van der Waals surface area contributed by atoms with Crippen molar-refractivity contribution in [2.45, 2.75) is 13.0 Å². The average Bonchev–Trinajstić information content (AvgIpc) is 2.85. The van der Waals surface area contributed by atoms with E-state index in [1.165, 1.54) is 0 Å². The molecular weight excluding hydrogens is 248 g/mol. The number of hydrogen-bond acceptors (Lipinski definition) is 5. The van der Waals surface area contributed by atoms with Crippen molar-refractivity contribution in [2.75, 3.05) is 11.1 Å². The van der Waals surface area contributed by atoms with Gasteiger partial charge >= 0.3 is 0 Å². The molecule has 94 valence electrons. The Balaban J connectivity index is 2.17. The van der Waals surface area contributed by atoms with Gasteiger partial charge in [-0.2, -0.15) is 0 Å². The number of nitrogens with two attached hydrogens (primary N) is 2. The number of hydrogen-bond donors (Lipinski definition) is 3. The molecule has 0 spiro atoms. The van der Waals surface area contributed by atoms with Crippen LogP contribution in [-0.4, -0.2) is 10.9 Å².